The number of likely N-dealkylation sites (tertiary alicyclic amines) is 1. The van der Waals surface area contributed by atoms with Crippen molar-refractivity contribution in [3.05, 3.63) is 0 Å². The van der Waals surface area contributed by atoms with E-state index in [0.29, 0.717) is 4.90 Å². The topological polar surface area (TPSA) is 54.5 Å². The zero-order valence-corrected chi connectivity index (χ0v) is 8.86. The van der Waals surface area contributed by atoms with Crippen LogP contribution in [0, 0.1) is 0 Å². The Morgan fingerprint density at radius 1 is 1.47 bits per heavy atom. The van der Waals surface area contributed by atoms with E-state index in [-0.39, 0.29) is 0 Å². The Kier molecular flexibility index (Phi) is 3.20. The first-order chi connectivity index (χ1) is 6.59. The zero-order chi connectivity index (χ0) is 11.9. The maximum atomic E-state index is 11.9. The monoisotopic (exact) mass is 265 g/mol. The number of hydrogen-bond acceptors (Lipinski definition) is 3. The summed E-state index contributed by atoms with van der Waals surface area (Å²) in [5.74, 6) is -0.846. The molecule has 0 aromatic heterocycles. The summed E-state index contributed by atoms with van der Waals surface area (Å²) in [5, 5.41) is -1.24. The molecule has 9 heteroatoms. The maximum Gasteiger partial charge on any atom is 0.406 e. The van der Waals surface area contributed by atoms with E-state index in [0.717, 1.165) is 0 Å². The molecule has 1 fully saturated rings. The van der Waals surface area contributed by atoms with E-state index in [4.69, 9.17) is 10.7 Å². The summed E-state index contributed by atoms with van der Waals surface area (Å²) in [6.07, 6.45) is -5.01. The molecule has 1 saturated heterocycles. The van der Waals surface area contributed by atoms with E-state index in [1.807, 2.05) is 0 Å². The van der Waals surface area contributed by atoms with Gasteiger partial charge in [0, 0.05) is 23.6 Å². The molecule has 0 radical (unpaired) electrons. The highest BCUT2D eigenvalue weighted by molar-refractivity contribution is 8.14. The van der Waals surface area contributed by atoms with Gasteiger partial charge in [-0.25, -0.2) is 8.42 Å². The van der Waals surface area contributed by atoms with Gasteiger partial charge >= 0.3 is 6.18 Å². The van der Waals surface area contributed by atoms with Crippen LogP contribution in [0.3, 0.4) is 0 Å². The Labute approximate surface area is 88.4 Å². The van der Waals surface area contributed by atoms with Gasteiger partial charge in [0.15, 0.2) is 0 Å². The molecule has 15 heavy (non-hydrogen) atoms. The number of halogens is 4. The summed E-state index contributed by atoms with van der Waals surface area (Å²) >= 11 is 0. The lowest BCUT2D eigenvalue weighted by Crippen LogP contribution is -2.36. The molecule has 4 nitrogen and oxygen atoms in total. The van der Waals surface area contributed by atoms with Crippen molar-refractivity contribution in [1.82, 2.24) is 4.90 Å². The van der Waals surface area contributed by atoms with E-state index in [1.54, 1.807) is 0 Å². The van der Waals surface area contributed by atoms with Crippen LogP contribution in [0.2, 0.25) is 0 Å². The van der Waals surface area contributed by atoms with Crippen LogP contribution in [-0.2, 0) is 13.8 Å². The van der Waals surface area contributed by atoms with Crippen molar-refractivity contribution >= 4 is 25.6 Å². The van der Waals surface area contributed by atoms with Crippen LogP contribution in [0.25, 0.3) is 0 Å². The zero-order valence-electron chi connectivity index (χ0n) is 7.29. The molecular weight excluding hydrogens is 259 g/mol. The molecule has 1 amide bonds. The SMILES string of the molecule is O=C1CC(S(=O)(=O)Cl)CN1CC(F)(F)F. The Morgan fingerprint density at radius 2 is 2.00 bits per heavy atom. The first-order valence-corrected chi connectivity index (χ1v) is 6.25. The van der Waals surface area contributed by atoms with Gasteiger partial charge in [-0.1, -0.05) is 0 Å². The molecule has 0 saturated carbocycles. The molecule has 0 aliphatic carbocycles. The number of hydrogen-bond donors (Lipinski definition) is 0. The molecule has 1 aliphatic heterocycles. The van der Waals surface area contributed by atoms with Crippen LogP contribution in [0.5, 0.6) is 0 Å². The first kappa shape index (κ1) is 12.6. The highest BCUT2D eigenvalue weighted by Crippen LogP contribution is 2.25. The summed E-state index contributed by atoms with van der Waals surface area (Å²) in [7, 11) is 0.972. The van der Waals surface area contributed by atoms with E-state index in [9.17, 15) is 26.4 Å². The Bertz CT molecular complexity index is 366. The standard InChI is InChI=1S/C6H7ClF3NO3S/c7-15(13,14)4-1-5(12)11(2-4)3-6(8,9)10/h4H,1-3H2. The molecule has 0 aromatic carbocycles. The predicted octanol–water partition coefficient (Wildman–Crippen LogP) is 0.718. The summed E-state index contributed by atoms with van der Waals surface area (Å²) in [6, 6.07) is 0. The van der Waals surface area contributed by atoms with Crippen LogP contribution in [-0.4, -0.2) is 43.7 Å². The third kappa shape index (κ3) is 3.53. The van der Waals surface area contributed by atoms with Gasteiger partial charge in [0.2, 0.25) is 15.0 Å². The fraction of sp³-hybridized carbons (Fsp3) is 0.833. The van der Waals surface area contributed by atoms with Crippen LogP contribution in [0.4, 0.5) is 13.2 Å². The minimum absolute atomic E-state index is 0.449. The van der Waals surface area contributed by atoms with Crippen molar-refractivity contribution in [2.24, 2.45) is 0 Å². The van der Waals surface area contributed by atoms with Gasteiger partial charge in [0.05, 0.1) is 0 Å². The Hall–Kier alpha value is -0.500. The molecule has 88 valence electrons. The molecule has 0 bridgehead atoms. The lowest BCUT2D eigenvalue weighted by Gasteiger charge is -2.17. The molecule has 0 spiro atoms. The smallest absolute Gasteiger partial charge is 0.332 e. The van der Waals surface area contributed by atoms with E-state index >= 15 is 0 Å². The van der Waals surface area contributed by atoms with Crippen molar-refractivity contribution < 1.29 is 26.4 Å². The second kappa shape index (κ2) is 3.82. The normalized spacial score (nSPS) is 23.6. The van der Waals surface area contributed by atoms with Crippen molar-refractivity contribution in [2.45, 2.75) is 17.8 Å². The molecule has 0 aromatic rings. The maximum absolute atomic E-state index is 11.9. The third-order valence-corrected chi connectivity index (χ3v) is 3.82. The van der Waals surface area contributed by atoms with Gasteiger partial charge in [-0.3, -0.25) is 4.79 Å². The fourth-order valence-corrected chi connectivity index (χ4v) is 2.35. The molecule has 1 aliphatic rings. The van der Waals surface area contributed by atoms with Crippen LogP contribution in [0.1, 0.15) is 6.42 Å². The summed E-state index contributed by atoms with van der Waals surface area (Å²) in [5.41, 5.74) is 0. The molecule has 0 N–H and O–H groups in total. The largest absolute Gasteiger partial charge is 0.406 e. The minimum Gasteiger partial charge on any atom is -0.332 e. The van der Waals surface area contributed by atoms with Gasteiger partial charge in [0.1, 0.15) is 11.8 Å². The number of alkyl halides is 3. The summed E-state index contributed by atoms with van der Waals surface area (Å²) in [4.78, 5) is 11.5. The van der Waals surface area contributed by atoms with Crippen LogP contribution in [0.15, 0.2) is 0 Å². The fourth-order valence-electron chi connectivity index (χ4n) is 1.29. The van der Waals surface area contributed by atoms with Crippen molar-refractivity contribution in [1.29, 1.82) is 0 Å². The average molecular weight is 266 g/mol. The summed E-state index contributed by atoms with van der Waals surface area (Å²) in [6.45, 7) is -1.93. The van der Waals surface area contributed by atoms with E-state index in [1.165, 1.54) is 0 Å². The predicted molar refractivity (Wildman–Crippen MR) is 45.8 cm³/mol. The van der Waals surface area contributed by atoms with E-state index < -0.39 is 45.9 Å². The van der Waals surface area contributed by atoms with Crippen molar-refractivity contribution in [3.8, 4) is 0 Å². The van der Waals surface area contributed by atoms with Gasteiger partial charge in [0.25, 0.3) is 0 Å². The Balaban J connectivity index is 2.70. The highest BCUT2D eigenvalue weighted by Gasteiger charge is 2.42. The number of nitrogens with zero attached hydrogens (tertiary/aromatic N) is 1. The van der Waals surface area contributed by atoms with Gasteiger partial charge < -0.3 is 4.90 Å². The number of carbonyl (C=O) groups is 1. The second-order valence-corrected chi connectivity index (χ2v) is 6.10. The number of carbonyl (C=O) groups excluding carboxylic acids is 1. The second-order valence-electron chi connectivity index (χ2n) is 3.19. The molecular formula is C6H7ClF3NO3S. The summed E-state index contributed by atoms with van der Waals surface area (Å²) < 4.78 is 57.4. The average Bonchev–Trinajstić information content (AvgIpc) is 2.27. The minimum atomic E-state index is -4.53. The molecule has 1 unspecified atom stereocenters. The van der Waals surface area contributed by atoms with E-state index in [2.05, 4.69) is 0 Å². The van der Waals surface area contributed by atoms with Crippen molar-refractivity contribution in [3.63, 3.8) is 0 Å². The van der Waals surface area contributed by atoms with Gasteiger partial charge in [-0.15, -0.1) is 0 Å². The first-order valence-electron chi connectivity index (χ1n) is 3.87. The van der Waals surface area contributed by atoms with Crippen LogP contribution < -0.4 is 0 Å². The Morgan fingerprint density at radius 3 is 2.33 bits per heavy atom. The number of amides is 1. The number of rotatable bonds is 2. The molecule has 1 atom stereocenters. The third-order valence-electron chi connectivity index (χ3n) is 1.95. The van der Waals surface area contributed by atoms with Gasteiger partial charge in [-0.2, -0.15) is 13.2 Å². The lowest BCUT2D eigenvalue weighted by molar-refractivity contribution is -0.157. The van der Waals surface area contributed by atoms with Crippen LogP contribution >= 0.6 is 10.7 Å². The highest BCUT2D eigenvalue weighted by atomic mass is 35.7. The molecule has 1 rings (SSSR count). The lowest BCUT2D eigenvalue weighted by atomic mass is 10.4. The van der Waals surface area contributed by atoms with Gasteiger partial charge in [-0.05, 0) is 0 Å². The quantitative estimate of drug-likeness (QED) is 0.691. The van der Waals surface area contributed by atoms with Crippen molar-refractivity contribution in [2.75, 3.05) is 13.1 Å². The molecule has 1 heterocycles.